The first kappa shape index (κ1) is 12.7. The fourth-order valence-electron chi connectivity index (χ4n) is 2.81. The van der Waals surface area contributed by atoms with E-state index in [0.717, 1.165) is 21.0 Å². The molecule has 0 radical (unpaired) electrons. The quantitative estimate of drug-likeness (QED) is 0.843. The number of nitrogens with zero attached hydrogens (tertiary/aromatic N) is 2. The van der Waals surface area contributed by atoms with Crippen molar-refractivity contribution in [2.75, 3.05) is 23.8 Å². The molecule has 0 atom stereocenters. The summed E-state index contributed by atoms with van der Waals surface area (Å²) in [4.78, 5) is 6.97. The summed E-state index contributed by atoms with van der Waals surface area (Å²) in [6.45, 7) is 0.842. The molecule has 102 valence electrons. The number of fused-ring (bicyclic) bond motifs is 1. The topological polar surface area (TPSA) is 62.4 Å². The number of anilines is 2. The van der Waals surface area contributed by atoms with Crippen molar-refractivity contribution in [3.05, 3.63) is 18.2 Å². The molecule has 3 rings (SSSR count). The van der Waals surface area contributed by atoms with Crippen molar-refractivity contribution in [3.63, 3.8) is 0 Å². The third-order valence-electron chi connectivity index (χ3n) is 3.75. The molecule has 3 N–H and O–H groups in total. The highest BCUT2D eigenvalue weighted by molar-refractivity contribution is 7.22. The Morgan fingerprint density at radius 1 is 1.37 bits per heavy atom. The Balaban J connectivity index is 1.94. The summed E-state index contributed by atoms with van der Waals surface area (Å²) >= 11 is 1.67. The Morgan fingerprint density at radius 2 is 2.16 bits per heavy atom. The lowest BCUT2D eigenvalue weighted by Gasteiger charge is -2.27. The Labute approximate surface area is 116 Å². The first-order valence-electron chi connectivity index (χ1n) is 6.81. The van der Waals surface area contributed by atoms with E-state index in [-0.39, 0.29) is 6.61 Å². The molecule has 0 aliphatic heterocycles. The fourth-order valence-corrected chi connectivity index (χ4v) is 3.92. The Bertz CT molecular complexity index is 563. The lowest BCUT2D eigenvalue weighted by atomic mass is 10.2. The molecule has 19 heavy (non-hydrogen) atoms. The van der Waals surface area contributed by atoms with Gasteiger partial charge in [-0.2, -0.15) is 0 Å². The summed E-state index contributed by atoms with van der Waals surface area (Å²) < 4.78 is 1.12. The predicted octanol–water partition coefficient (Wildman–Crippen LogP) is 2.62. The smallest absolute Gasteiger partial charge is 0.186 e. The third kappa shape index (κ3) is 2.53. The average molecular weight is 277 g/mol. The molecule has 1 aliphatic rings. The third-order valence-corrected chi connectivity index (χ3v) is 4.81. The second-order valence-electron chi connectivity index (χ2n) is 5.08. The second-order valence-corrected chi connectivity index (χ2v) is 6.09. The van der Waals surface area contributed by atoms with Crippen molar-refractivity contribution in [1.82, 2.24) is 4.98 Å². The van der Waals surface area contributed by atoms with Crippen LogP contribution in [0.1, 0.15) is 25.7 Å². The molecule has 0 amide bonds. The Morgan fingerprint density at radius 3 is 2.89 bits per heavy atom. The van der Waals surface area contributed by atoms with Crippen LogP contribution in [0.25, 0.3) is 10.2 Å². The van der Waals surface area contributed by atoms with E-state index in [0.29, 0.717) is 12.6 Å². The molecule has 1 aliphatic carbocycles. The maximum absolute atomic E-state index is 9.29. The van der Waals surface area contributed by atoms with Crippen molar-refractivity contribution >= 4 is 32.4 Å². The van der Waals surface area contributed by atoms with Crippen LogP contribution in [0.3, 0.4) is 0 Å². The van der Waals surface area contributed by atoms with E-state index in [1.54, 1.807) is 11.3 Å². The molecule has 1 aromatic heterocycles. The lowest BCUT2D eigenvalue weighted by Crippen LogP contribution is -2.35. The van der Waals surface area contributed by atoms with Gasteiger partial charge in [0.25, 0.3) is 0 Å². The minimum atomic E-state index is 0.175. The number of benzene rings is 1. The Hall–Kier alpha value is -1.33. The normalized spacial score (nSPS) is 16.3. The molecule has 1 heterocycles. The van der Waals surface area contributed by atoms with Crippen LogP contribution in [0.15, 0.2) is 18.2 Å². The maximum Gasteiger partial charge on any atom is 0.186 e. The van der Waals surface area contributed by atoms with E-state index in [1.807, 2.05) is 18.2 Å². The molecule has 1 saturated carbocycles. The maximum atomic E-state index is 9.29. The highest BCUT2D eigenvalue weighted by Gasteiger charge is 2.24. The van der Waals surface area contributed by atoms with Crippen LogP contribution < -0.4 is 10.6 Å². The van der Waals surface area contributed by atoms with Crippen LogP contribution in [-0.2, 0) is 0 Å². The molecule has 0 spiro atoms. The minimum absolute atomic E-state index is 0.175. The van der Waals surface area contributed by atoms with E-state index in [4.69, 9.17) is 10.7 Å². The molecule has 1 fully saturated rings. The summed E-state index contributed by atoms with van der Waals surface area (Å²) in [7, 11) is 0. The molecule has 1 aromatic carbocycles. The van der Waals surface area contributed by atoms with Gasteiger partial charge in [0, 0.05) is 18.3 Å². The summed E-state index contributed by atoms with van der Waals surface area (Å²) in [5.74, 6) is 0. The molecule has 4 nitrogen and oxygen atoms in total. The largest absolute Gasteiger partial charge is 0.399 e. The van der Waals surface area contributed by atoms with Crippen LogP contribution in [0.4, 0.5) is 10.8 Å². The molecular formula is C14H19N3OS. The van der Waals surface area contributed by atoms with Gasteiger partial charge in [-0.1, -0.05) is 24.2 Å². The van der Waals surface area contributed by atoms with Crippen LogP contribution in [-0.4, -0.2) is 29.3 Å². The number of thiazole rings is 1. The first-order chi connectivity index (χ1) is 9.28. The first-order valence-corrected chi connectivity index (χ1v) is 7.63. The van der Waals surface area contributed by atoms with E-state index >= 15 is 0 Å². The van der Waals surface area contributed by atoms with Crippen molar-refractivity contribution < 1.29 is 5.11 Å². The summed E-state index contributed by atoms with van der Waals surface area (Å²) in [6.07, 6.45) is 4.98. The van der Waals surface area contributed by atoms with Gasteiger partial charge in [-0.3, -0.25) is 0 Å². The van der Waals surface area contributed by atoms with Crippen LogP contribution in [0, 0.1) is 0 Å². The highest BCUT2D eigenvalue weighted by Crippen LogP contribution is 2.34. The predicted molar refractivity (Wildman–Crippen MR) is 80.7 cm³/mol. The van der Waals surface area contributed by atoms with Gasteiger partial charge < -0.3 is 15.7 Å². The van der Waals surface area contributed by atoms with Gasteiger partial charge in [0.2, 0.25) is 0 Å². The minimum Gasteiger partial charge on any atom is -0.399 e. The monoisotopic (exact) mass is 277 g/mol. The molecule has 0 unspecified atom stereocenters. The number of nitrogens with two attached hydrogens (primary N) is 1. The van der Waals surface area contributed by atoms with Crippen molar-refractivity contribution in [3.8, 4) is 0 Å². The standard InChI is InChI=1S/C14H19N3OS/c15-10-5-6-12-13(9-10)19-14(16-12)17(7-8-18)11-3-1-2-4-11/h5-6,9,11,18H,1-4,7-8,15H2. The number of nitrogen functional groups attached to an aromatic ring is 1. The fraction of sp³-hybridized carbons (Fsp3) is 0.500. The SMILES string of the molecule is Nc1ccc2nc(N(CCO)C3CCCC3)sc2c1. The number of aliphatic hydroxyl groups is 1. The summed E-state index contributed by atoms with van der Waals surface area (Å²) in [5, 5.41) is 10.3. The van der Waals surface area contributed by atoms with Crippen molar-refractivity contribution in [2.24, 2.45) is 0 Å². The van der Waals surface area contributed by atoms with Gasteiger partial charge in [0.05, 0.1) is 16.8 Å². The molecule has 2 aromatic rings. The zero-order valence-corrected chi connectivity index (χ0v) is 11.7. The molecule has 0 bridgehead atoms. The highest BCUT2D eigenvalue weighted by atomic mass is 32.1. The van der Waals surface area contributed by atoms with Crippen molar-refractivity contribution in [1.29, 1.82) is 0 Å². The average Bonchev–Trinajstić information content (AvgIpc) is 3.04. The van der Waals surface area contributed by atoms with E-state index < -0.39 is 0 Å². The number of rotatable bonds is 4. The van der Waals surface area contributed by atoms with Crippen molar-refractivity contribution in [2.45, 2.75) is 31.7 Å². The van der Waals surface area contributed by atoms with Gasteiger partial charge >= 0.3 is 0 Å². The van der Waals surface area contributed by atoms with Gasteiger partial charge in [-0.25, -0.2) is 4.98 Å². The molecule has 5 heteroatoms. The Kier molecular flexibility index (Phi) is 3.57. The van der Waals surface area contributed by atoms with Crippen LogP contribution >= 0.6 is 11.3 Å². The number of hydrogen-bond acceptors (Lipinski definition) is 5. The summed E-state index contributed by atoms with van der Waals surface area (Å²) in [5.41, 5.74) is 7.59. The summed E-state index contributed by atoms with van der Waals surface area (Å²) in [6, 6.07) is 6.36. The number of hydrogen-bond donors (Lipinski definition) is 2. The molecular weight excluding hydrogens is 258 g/mol. The van der Waals surface area contributed by atoms with E-state index in [1.165, 1.54) is 25.7 Å². The van der Waals surface area contributed by atoms with Gasteiger partial charge in [0.15, 0.2) is 5.13 Å². The van der Waals surface area contributed by atoms with Gasteiger partial charge in [0.1, 0.15) is 0 Å². The zero-order chi connectivity index (χ0) is 13.2. The van der Waals surface area contributed by atoms with E-state index in [9.17, 15) is 5.11 Å². The van der Waals surface area contributed by atoms with Crippen LogP contribution in [0.2, 0.25) is 0 Å². The van der Waals surface area contributed by atoms with Gasteiger partial charge in [-0.05, 0) is 31.0 Å². The number of aliphatic hydroxyl groups excluding tert-OH is 1. The van der Waals surface area contributed by atoms with E-state index in [2.05, 4.69) is 4.90 Å². The number of aromatic nitrogens is 1. The second kappa shape index (κ2) is 5.35. The van der Waals surface area contributed by atoms with Gasteiger partial charge in [-0.15, -0.1) is 0 Å². The molecule has 0 saturated heterocycles. The lowest BCUT2D eigenvalue weighted by molar-refractivity contribution is 0.297. The zero-order valence-electron chi connectivity index (χ0n) is 10.9. The van der Waals surface area contributed by atoms with Crippen LogP contribution in [0.5, 0.6) is 0 Å².